The van der Waals surface area contributed by atoms with Crippen molar-refractivity contribution in [2.24, 2.45) is 5.73 Å². The Bertz CT molecular complexity index is 460. The van der Waals surface area contributed by atoms with E-state index in [1.54, 1.807) is 0 Å². The van der Waals surface area contributed by atoms with Crippen LogP contribution in [-0.4, -0.2) is 4.98 Å². The lowest BCUT2D eigenvalue weighted by Gasteiger charge is -2.13. The van der Waals surface area contributed by atoms with Crippen molar-refractivity contribution in [2.75, 3.05) is 0 Å². The molecule has 0 amide bonds. The quantitative estimate of drug-likeness (QED) is 0.846. The van der Waals surface area contributed by atoms with Gasteiger partial charge in [0.1, 0.15) is 0 Å². The van der Waals surface area contributed by atoms with Crippen LogP contribution in [-0.2, 0) is 0 Å². The summed E-state index contributed by atoms with van der Waals surface area (Å²) >= 11 is 0. The maximum absolute atomic E-state index is 6.23. The van der Waals surface area contributed by atoms with Gasteiger partial charge < -0.3 is 5.73 Å². The molecule has 1 unspecified atom stereocenters. The van der Waals surface area contributed by atoms with Gasteiger partial charge in [-0.25, -0.2) is 0 Å². The average Bonchev–Trinajstić information content (AvgIpc) is 2.35. The summed E-state index contributed by atoms with van der Waals surface area (Å²) in [7, 11) is 0. The zero-order valence-corrected chi connectivity index (χ0v) is 9.69. The van der Waals surface area contributed by atoms with Gasteiger partial charge in [0.05, 0.1) is 0 Å². The molecule has 0 saturated carbocycles. The molecule has 2 aromatic rings. The maximum atomic E-state index is 6.23. The number of benzene rings is 1. The van der Waals surface area contributed by atoms with E-state index in [0.717, 1.165) is 6.42 Å². The van der Waals surface area contributed by atoms with Crippen LogP contribution in [0.5, 0.6) is 0 Å². The molecule has 0 radical (unpaired) electrons. The van der Waals surface area contributed by atoms with E-state index in [0.29, 0.717) is 0 Å². The van der Waals surface area contributed by atoms with Crippen LogP contribution in [0.1, 0.15) is 37.8 Å². The first-order chi connectivity index (χ1) is 7.83. The highest BCUT2D eigenvalue weighted by molar-refractivity contribution is 5.85. The molecule has 2 N–H and O–H groups in total. The first kappa shape index (κ1) is 11.1. The Kier molecular flexibility index (Phi) is 3.52. The number of hydrogen-bond donors (Lipinski definition) is 1. The average molecular weight is 214 g/mol. The molecule has 1 atom stereocenters. The third-order valence-corrected chi connectivity index (χ3v) is 2.98. The van der Waals surface area contributed by atoms with Gasteiger partial charge in [-0.3, -0.25) is 4.98 Å². The minimum absolute atomic E-state index is 0.144. The number of rotatable bonds is 4. The summed E-state index contributed by atoms with van der Waals surface area (Å²) in [5.41, 5.74) is 7.47. The van der Waals surface area contributed by atoms with Gasteiger partial charge in [0.25, 0.3) is 0 Å². The van der Waals surface area contributed by atoms with Crippen molar-refractivity contribution < 1.29 is 0 Å². The first-order valence-corrected chi connectivity index (χ1v) is 5.91. The number of hydrogen-bond acceptors (Lipinski definition) is 2. The Hall–Kier alpha value is -1.41. The van der Waals surface area contributed by atoms with Crippen LogP contribution in [0.15, 0.2) is 36.7 Å². The van der Waals surface area contributed by atoms with E-state index < -0.39 is 0 Å². The normalized spacial score (nSPS) is 12.9. The largest absolute Gasteiger partial charge is 0.324 e. The lowest BCUT2D eigenvalue weighted by atomic mass is 9.97. The molecule has 0 aliphatic carbocycles. The van der Waals surface area contributed by atoms with Crippen molar-refractivity contribution in [3.05, 3.63) is 42.2 Å². The van der Waals surface area contributed by atoms with Gasteiger partial charge in [-0.15, -0.1) is 0 Å². The summed E-state index contributed by atoms with van der Waals surface area (Å²) in [5, 5.41) is 2.41. The molecule has 1 aromatic heterocycles. The van der Waals surface area contributed by atoms with E-state index in [2.05, 4.69) is 36.2 Å². The number of unbranched alkanes of at least 4 members (excludes halogenated alkanes) is 1. The molecule has 1 heterocycles. The molecule has 2 rings (SSSR count). The molecule has 0 aliphatic heterocycles. The summed E-state index contributed by atoms with van der Waals surface area (Å²) in [4.78, 5) is 4.13. The van der Waals surface area contributed by atoms with Gasteiger partial charge in [0.15, 0.2) is 0 Å². The Morgan fingerprint density at radius 2 is 2.19 bits per heavy atom. The fourth-order valence-corrected chi connectivity index (χ4v) is 2.05. The van der Waals surface area contributed by atoms with Crippen LogP contribution in [0.4, 0.5) is 0 Å². The van der Waals surface area contributed by atoms with E-state index in [1.165, 1.54) is 29.2 Å². The lowest BCUT2D eigenvalue weighted by molar-refractivity contribution is 0.607. The van der Waals surface area contributed by atoms with Crippen LogP contribution in [0.2, 0.25) is 0 Å². The van der Waals surface area contributed by atoms with Crippen LogP contribution in [0.25, 0.3) is 10.8 Å². The van der Waals surface area contributed by atoms with E-state index >= 15 is 0 Å². The SMILES string of the molecule is CCCCC(N)c1cccc2cnccc12. The zero-order valence-electron chi connectivity index (χ0n) is 9.69. The van der Waals surface area contributed by atoms with Gasteiger partial charge in [0, 0.05) is 23.8 Å². The molecule has 16 heavy (non-hydrogen) atoms. The molecule has 2 nitrogen and oxygen atoms in total. The molecule has 0 fully saturated rings. The van der Waals surface area contributed by atoms with Crippen molar-refractivity contribution in [3.8, 4) is 0 Å². The van der Waals surface area contributed by atoms with Crippen LogP contribution in [0.3, 0.4) is 0 Å². The molecule has 84 valence electrons. The Balaban J connectivity index is 2.36. The maximum Gasteiger partial charge on any atom is 0.0346 e. The standard InChI is InChI=1S/C14H18N2/c1-2-3-7-14(15)13-6-4-5-11-10-16-9-8-12(11)13/h4-6,8-10,14H,2-3,7,15H2,1H3. The van der Waals surface area contributed by atoms with E-state index in [9.17, 15) is 0 Å². The molecular weight excluding hydrogens is 196 g/mol. The highest BCUT2D eigenvalue weighted by atomic mass is 14.6. The Labute approximate surface area is 96.5 Å². The molecule has 0 spiro atoms. The number of nitrogens with zero attached hydrogens (tertiary/aromatic N) is 1. The van der Waals surface area contributed by atoms with Gasteiger partial charge >= 0.3 is 0 Å². The Morgan fingerprint density at radius 3 is 3.00 bits per heavy atom. The van der Waals surface area contributed by atoms with Gasteiger partial charge in [0.2, 0.25) is 0 Å². The van der Waals surface area contributed by atoms with Crippen molar-refractivity contribution in [3.63, 3.8) is 0 Å². The lowest BCUT2D eigenvalue weighted by Crippen LogP contribution is -2.10. The molecule has 1 aromatic carbocycles. The van der Waals surface area contributed by atoms with Crippen molar-refractivity contribution >= 4 is 10.8 Å². The van der Waals surface area contributed by atoms with Crippen LogP contribution >= 0.6 is 0 Å². The minimum Gasteiger partial charge on any atom is -0.324 e. The Morgan fingerprint density at radius 1 is 1.31 bits per heavy atom. The fraction of sp³-hybridized carbons (Fsp3) is 0.357. The minimum atomic E-state index is 0.144. The predicted octanol–water partition coefficient (Wildman–Crippen LogP) is 3.42. The summed E-state index contributed by atoms with van der Waals surface area (Å²) in [5.74, 6) is 0. The van der Waals surface area contributed by atoms with E-state index in [-0.39, 0.29) is 6.04 Å². The zero-order chi connectivity index (χ0) is 11.4. The van der Waals surface area contributed by atoms with E-state index in [4.69, 9.17) is 5.73 Å². The second-order valence-electron chi connectivity index (χ2n) is 4.19. The van der Waals surface area contributed by atoms with Crippen molar-refractivity contribution in [1.29, 1.82) is 0 Å². The van der Waals surface area contributed by atoms with Crippen LogP contribution in [0, 0.1) is 0 Å². The highest BCUT2D eigenvalue weighted by Gasteiger charge is 2.08. The molecule has 0 bridgehead atoms. The van der Waals surface area contributed by atoms with E-state index in [1.807, 2.05) is 12.4 Å². The third kappa shape index (κ3) is 2.22. The number of nitrogens with two attached hydrogens (primary N) is 1. The predicted molar refractivity (Wildman–Crippen MR) is 68.2 cm³/mol. The van der Waals surface area contributed by atoms with Gasteiger partial charge in [-0.05, 0) is 23.4 Å². The fourth-order valence-electron chi connectivity index (χ4n) is 2.05. The molecular formula is C14H18N2. The van der Waals surface area contributed by atoms with Crippen LogP contribution < -0.4 is 5.73 Å². The molecule has 0 aliphatic rings. The summed E-state index contributed by atoms with van der Waals surface area (Å²) in [6.07, 6.45) is 7.16. The monoisotopic (exact) mass is 214 g/mol. The number of fused-ring (bicyclic) bond motifs is 1. The van der Waals surface area contributed by atoms with Gasteiger partial charge in [-0.1, -0.05) is 38.0 Å². The molecule has 0 saturated heterocycles. The highest BCUT2D eigenvalue weighted by Crippen LogP contribution is 2.25. The van der Waals surface area contributed by atoms with Gasteiger partial charge in [-0.2, -0.15) is 0 Å². The first-order valence-electron chi connectivity index (χ1n) is 5.91. The summed E-state index contributed by atoms with van der Waals surface area (Å²) in [6.45, 7) is 2.19. The number of aromatic nitrogens is 1. The summed E-state index contributed by atoms with van der Waals surface area (Å²) in [6, 6.07) is 8.47. The van der Waals surface area contributed by atoms with Crippen molar-refractivity contribution in [1.82, 2.24) is 4.98 Å². The second-order valence-corrected chi connectivity index (χ2v) is 4.19. The smallest absolute Gasteiger partial charge is 0.0346 e. The third-order valence-electron chi connectivity index (χ3n) is 2.98. The van der Waals surface area contributed by atoms with Crippen molar-refractivity contribution in [2.45, 2.75) is 32.2 Å². The molecule has 2 heteroatoms. The summed E-state index contributed by atoms with van der Waals surface area (Å²) < 4.78 is 0. The number of pyridine rings is 1. The second kappa shape index (κ2) is 5.08. The topological polar surface area (TPSA) is 38.9 Å².